The normalized spacial score (nSPS) is 11.4. The zero-order chi connectivity index (χ0) is 26.0. The summed E-state index contributed by atoms with van der Waals surface area (Å²) in [6, 6.07) is 7.33. The first-order chi connectivity index (χ1) is 17.1. The third kappa shape index (κ3) is 5.26. The fraction of sp³-hybridized carbons (Fsp3) is 0.130. The Labute approximate surface area is 208 Å². The van der Waals surface area contributed by atoms with Crippen LogP contribution in [-0.4, -0.2) is 28.5 Å². The van der Waals surface area contributed by atoms with E-state index in [1.165, 1.54) is 17.5 Å². The molecule has 2 heterocycles. The third-order valence-electron chi connectivity index (χ3n) is 4.69. The largest absolute Gasteiger partial charge is 0.461 e. The number of alkyl halides is 3. The number of carbonyl (C=O) groups is 2. The van der Waals surface area contributed by atoms with E-state index in [0.717, 1.165) is 53.0 Å². The predicted octanol–water partition coefficient (Wildman–Crippen LogP) is 6.66. The quantitative estimate of drug-likeness (QED) is 0.219. The number of benzene rings is 2. The summed E-state index contributed by atoms with van der Waals surface area (Å²) in [4.78, 5) is 33.2. The molecule has 1 amide bonds. The SMILES string of the molecule is CCOC(=O)c1nc(-c2nc(NC(=O)c3c(F)cccc3F)sc2-c2cccc(C(F)(F)F)c2)cs1. The highest BCUT2D eigenvalue weighted by Crippen LogP contribution is 2.41. The molecule has 0 unspecified atom stereocenters. The van der Waals surface area contributed by atoms with E-state index in [0.29, 0.717) is 0 Å². The monoisotopic (exact) mass is 539 g/mol. The van der Waals surface area contributed by atoms with E-state index in [9.17, 15) is 31.5 Å². The second kappa shape index (κ2) is 10.1. The Kier molecular flexibility index (Phi) is 7.13. The molecular weight excluding hydrogens is 525 g/mol. The van der Waals surface area contributed by atoms with Crippen molar-refractivity contribution < 1.29 is 36.3 Å². The predicted molar refractivity (Wildman–Crippen MR) is 124 cm³/mol. The summed E-state index contributed by atoms with van der Waals surface area (Å²) < 4.78 is 72.9. The van der Waals surface area contributed by atoms with Gasteiger partial charge in [-0.25, -0.2) is 23.5 Å². The summed E-state index contributed by atoms with van der Waals surface area (Å²) in [5.74, 6) is -4.01. The number of hydrogen-bond acceptors (Lipinski definition) is 7. The Balaban J connectivity index is 1.78. The van der Waals surface area contributed by atoms with Crippen LogP contribution in [0.4, 0.5) is 27.1 Å². The van der Waals surface area contributed by atoms with Crippen molar-refractivity contribution in [3.05, 3.63) is 75.6 Å². The summed E-state index contributed by atoms with van der Waals surface area (Å²) in [6.45, 7) is 1.73. The lowest BCUT2D eigenvalue weighted by molar-refractivity contribution is -0.137. The van der Waals surface area contributed by atoms with Crippen LogP contribution in [0.3, 0.4) is 0 Å². The van der Waals surface area contributed by atoms with Crippen molar-refractivity contribution in [2.24, 2.45) is 0 Å². The van der Waals surface area contributed by atoms with Crippen molar-refractivity contribution in [2.45, 2.75) is 13.1 Å². The number of ether oxygens (including phenoxy) is 1. The second-order valence-corrected chi connectivity index (χ2v) is 8.94. The van der Waals surface area contributed by atoms with Crippen molar-refractivity contribution in [1.29, 1.82) is 0 Å². The number of rotatable bonds is 6. The molecule has 0 spiro atoms. The number of aromatic nitrogens is 2. The Morgan fingerprint density at radius 1 is 1.06 bits per heavy atom. The number of hydrogen-bond donors (Lipinski definition) is 1. The molecule has 13 heteroatoms. The Hall–Kier alpha value is -3.71. The van der Waals surface area contributed by atoms with Crippen LogP contribution in [0, 0.1) is 11.6 Å². The number of amides is 1. The lowest BCUT2D eigenvalue weighted by atomic mass is 10.1. The topological polar surface area (TPSA) is 81.2 Å². The summed E-state index contributed by atoms with van der Waals surface area (Å²) in [5, 5.41) is 3.60. The second-order valence-electron chi connectivity index (χ2n) is 7.08. The van der Waals surface area contributed by atoms with E-state index < -0.39 is 40.8 Å². The molecular formula is C23H14F5N3O3S2. The van der Waals surface area contributed by atoms with Gasteiger partial charge in [-0.1, -0.05) is 29.5 Å². The number of carbonyl (C=O) groups excluding carboxylic acids is 2. The first-order valence-corrected chi connectivity index (χ1v) is 11.8. The lowest BCUT2D eigenvalue weighted by Crippen LogP contribution is -2.15. The number of nitrogens with one attached hydrogen (secondary N) is 1. The van der Waals surface area contributed by atoms with E-state index in [2.05, 4.69) is 15.3 Å². The Bertz CT molecular complexity index is 1430. The molecule has 4 rings (SSSR count). The first kappa shape index (κ1) is 25.4. The highest BCUT2D eigenvalue weighted by molar-refractivity contribution is 7.19. The molecule has 2 aromatic heterocycles. The molecule has 1 N–H and O–H groups in total. The maximum absolute atomic E-state index is 14.0. The van der Waals surface area contributed by atoms with Crippen LogP contribution in [0.1, 0.15) is 32.6 Å². The summed E-state index contributed by atoms with van der Waals surface area (Å²) in [7, 11) is 0. The number of thiazole rings is 2. The van der Waals surface area contributed by atoms with Gasteiger partial charge in [-0.3, -0.25) is 10.1 Å². The van der Waals surface area contributed by atoms with Gasteiger partial charge >= 0.3 is 12.1 Å². The molecule has 0 fully saturated rings. The number of anilines is 1. The fourth-order valence-corrected chi connectivity index (χ4v) is 4.78. The molecule has 0 aliphatic rings. The van der Waals surface area contributed by atoms with Crippen molar-refractivity contribution in [3.8, 4) is 21.8 Å². The number of halogens is 5. The van der Waals surface area contributed by atoms with Gasteiger partial charge in [0.15, 0.2) is 5.13 Å². The molecule has 0 aliphatic heterocycles. The zero-order valence-corrected chi connectivity index (χ0v) is 19.8. The molecule has 0 atom stereocenters. The van der Waals surface area contributed by atoms with Gasteiger partial charge in [0.2, 0.25) is 5.01 Å². The highest BCUT2D eigenvalue weighted by atomic mass is 32.1. The van der Waals surface area contributed by atoms with Gasteiger partial charge < -0.3 is 4.74 Å². The van der Waals surface area contributed by atoms with Gasteiger partial charge in [0.05, 0.1) is 17.0 Å². The van der Waals surface area contributed by atoms with Crippen LogP contribution in [0.25, 0.3) is 21.8 Å². The maximum atomic E-state index is 14.0. The van der Waals surface area contributed by atoms with Gasteiger partial charge in [-0.2, -0.15) is 13.2 Å². The molecule has 2 aromatic carbocycles. The molecule has 36 heavy (non-hydrogen) atoms. The standard InChI is InChI=1S/C23H14F5N3O3S2/c1-2-34-21(33)20-29-15(10-35-20)17-18(11-5-3-6-12(9-11)23(26,27)28)36-22(30-17)31-19(32)16-13(24)7-4-8-14(16)25/h3-10H,2H2,1H3,(H,30,31,32). The van der Waals surface area contributed by atoms with Crippen LogP contribution in [0.5, 0.6) is 0 Å². The van der Waals surface area contributed by atoms with Gasteiger partial charge in [-0.05, 0) is 36.8 Å². The van der Waals surface area contributed by atoms with Crippen LogP contribution in [-0.2, 0) is 10.9 Å². The van der Waals surface area contributed by atoms with Crippen molar-refractivity contribution >= 4 is 39.7 Å². The summed E-state index contributed by atoms with van der Waals surface area (Å²) in [5.41, 5.74) is -1.43. The third-order valence-corrected chi connectivity index (χ3v) is 6.53. The zero-order valence-electron chi connectivity index (χ0n) is 18.2. The summed E-state index contributed by atoms with van der Waals surface area (Å²) >= 11 is 1.72. The van der Waals surface area contributed by atoms with Crippen LogP contribution >= 0.6 is 22.7 Å². The number of nitrogens with zero attached hydrogens (tertiary/aromatic N) is 2. The van der Waals surface area contributed by atoms with Crippen LogP contribution in [0.2, 0.25) is 0 Å². The van der Waals surface area contributed by atoms with Gasteiger partial charge in [0, 0.05) is 5.38 Å². The number of esters is 1. The van der Waals surface area contributed by atoms with Crippen molar-refractivity contribution in [3.63, 3.8) is 0 Å². The molecule has 0 bridgehead atoms. The average molecular weight is 540 g/mol. The average Bonchev–Trinajstić information content (AvgIpc) is 3.46. The minimum absolute atomic E-state index is 0.00569. The summed E-state index contributed by atoms with van der Waals surface area (Å²) in [6.07, 6.45) is -4.61. The molecule has 6 nitrogen and oxygen atoms in total. The van der Waals surface area contributed by atoms with E-state index in [4.69, 9.17) is 4.74 Å². The lowest BCUT2D eigenvalue weighted by Gasteiger charge is -2.08. The van der Waals surface area contributed by atoms with Crippen molar-refractivity contribution in [1.82, 2.24) is 9.97 Å². The minimum atomic E-state index is -4.61. The van der Waals surface area contributed by atoms with Crippen LogP contribution in [0.15, 0.2) is 47.8 Å². The molecule has 0 saturated carbocycles. The molecule has 0 saturated heterocycles. The van der Waals surface area contributed by atoms with Crippen LogP contribution < -0.4 is 5.32 Å². The highest BCUT2D eigenvalue weighted by Gasteiger charge is 2.31. The van der Waals surface area contributed by atoms with E-state index in [1.807, 2.05) is 0 Å². The molecule has 186 valence electrons. The van der Waals surface area contributed by atoms with Gasteiger partial charge in [0.1, 0.15) is 28.6 Å². The Morgan fingerprint density at radius 2 is 1.75 bits per heavy atom. The van der Waals surface area contributed by atoms with Crippen molar-refractivity contribution in [2.75, 3.05) is 11.9 Å². The van der Waals surface area contributed by atoms with E-state index in [1.54, 1.807) is 6.92 Å². The first-order valence-electron chi connectivity index (χ1n) is 10.1. The Morgan fingerprint density at radius 3 is 2.42 bits per heavy atom. The molecule has 0 aliphatic carbocycles. The molecule has 4 aromatic rings. The van der Waals surface area contributed by atoms with Gasteiger partial charge in [0.25, 0.3) is 5.91 Å². The van der Waals surface area contributed by atoms with Gasteiger partial charge in [-0.15, -0.1) is 11.3 Å². The maximum Gasteiger partial charge on any atom is 0.416 e. The van der Waals surface area contributed by atoms with E-state index >= 15 is 0 Å². The molecule has 0 radical (unpaired) electrons. The minimum Gasteiger partial charge on any atom is -0.461 e. The smallest absolute Gasteiger partial charge is 0.416 e. The van der Waals surface area contributed by atoms with E-state index in [-0.39, 0.29) is 38.6 Å². The fourth-order valence-electron chi connectivity index (χ4n) is 3.12.